The smallest absolute Gasteiger partial charge is 0.240 e. The molecule has 0 amide bonds. The second-order valence-electron chi connectivity index (χ2n) is 6.01. The lowest BCUT2D eigenvalue weighted by molar-refractivity contribution is 0.321. The molecule has 2 aromatic heterocycles. The molecule has 3 aromatic rings. The highest BCUT2D eigenvalue weighted by Crippen LogP contribution is 2.20. The molecule has 0 aliphatic rings. The monoisotopic (exact) mass is 420 g/mol. The van der Waals surface area contributed by atoms with Gasteiger partial charge in [0.25, 0.3) is 0 Å². The zero-order valence-electron chi connectivity index (χ0n) is 16.0. The largest absolute Gasteiger partial charge is 0.491 e. The van der Waals surface area contributed by atoms with Gasteiger partial charge in [0.1, 0.15) is 12.1 Å². The Kier molecular flexibility index (Phi) is 6.39. The highest BCUT2D eigenvalue weighted by atomic mass is 32.2. The van der Waals surface area contributed by atoms with Crippen LogP contribution >= 0.6 is 0 Å². The second-order valence-corrected chi connectivity index (χ2v) is 7.78. The van der Waals surface area contributed by atoms with Crippen LogP contribution in [-0.4, -0.2) is 47.9 Å². The Morgan fingerprint density at radius 2 is 2.00 bits per heavy atom. The van der Waals surface area contributed by atoms with Crippen molar-refractivity contribution >= 4 is 15.8 Å². The third kappa shape index (κ3) is 5.27. The first-order valence-corrected chi connectivity index (χ1v) is 10.4. The van der Waals surface area contributed by atoms with Gasteiger partial charge in [0.15, 0.2) is 17.4 Å². The summed E-state index contributed by atoms with van der Waals surface area (Å²) in [6.07, 6.45) is 3.17. The minimum absolute atomic E-state index is 0.0139. The molecule has 9 nitrogen and oxygen atoms in total. The lowest BCUT2D eigenvalue weighted by Gasteiger charge is -2.10. The van der Waals surface area contributed by atoms with Crippen LogP contribution in [0, 0.1) is 12.7 Å². The van der Waals surface area contributed by atoms with Crippen molar-refractivity contribution in [2.24, 2.45) is 0 Å². The van der Waals surface area contributed by atoms with Gasteiger partial charge in [-0.05, 0) is 38.1 Å². The highest BCUT2D eigenvalue weighted by Gasteiger charge is 2.16. The van der Waals surface area contributed by atoms with Crippen LogP contribution < -0.4 is 14.8 Å². The molecule has 0 saturated heterocycles. The molecular weight excluding hydrogens is 399 g/mol. The molecular formula is C18H21FN6O3S. The number of aryl methyl sites for hydroxylation is 1. The van der Waals surface area contributed by atoms with Gasteiger partial charge in [-0.2, -0.15) is 5.10 Å². The van der Waals surface area contributed by atoms with E-state index in [0.717, 1.165) is 11.8 Å². The zero-order valence-corrected chi connectivity index (χ0v) is 16.8. The Labute approximate surface area is 168 Å². The lowest BCUT2D eigenvalue weighted by atomic mass is 10.3. The third-order valence-corrected chi connectivity index (χ3v) is 5.31. The number of sulfonamides is 1. The predicted molar refractivity (Wildman–Crippen MR) is 105 cm³/mol. The summed E-state index contributed by atoms with van der Waals surface area (Å²) < 4.78 is 47.7. The van der Waals surface area contributed by atoms with Gasteiger partial charge in [0.2, 0.25) is 10.0 Å². The Morgan fingerprint density at radius 1 is 1.17 bits per heavy atom. The van der Waals surface area contributed by atoms with E-state index in [1.54, 1.807) is 23.9 Å². The molecule has 0 aliphatic carbocycles. The molecule has 0 fully saturated rings. The summed E-state index contributed by atoms with van der Waals surface area (Å²) in [5.41, 5.74) is 0.859. The number of rotatable bonds is 9. The maximum atomic E-state index is 13.9. The van der Waals surface area contributed by atoms with Crippen LogP contribution in [-0.2, 0) is 10.0 Å². The van der Waals surface area contributed by atoms with E-state index in [1.807, 2.05) is 13.0 Å². The fourth-order valence-electron chi connectivity index (χ4n) is 2.49. The van der Waals surface area contributed by atoms with Crippen molar-refractivity contribution in [2.45, 2.75) is 18.7 Å². The summed E-state index contributed by atoms with van der Waals surface area (Å²) in [5.74, 6) is 0.394. The number of hydrogen-bond acceptors (Lipinski definition) is 7. The summed E-state index contributed by atoms with van der Waals surface area (Å²) in [6.45, 7) is 4.23. The third-order valence-electron chi connectivity index (χ3n) is 3.85. The summed E-state index contributed by atoms with van der Waals surface area (Å²) in [7, 11) is -3.85. The van der Waals surface area contributed by atoms with Gasteiger partial charge in [-0.1, -0.05) is 0 Å². The first-order chi connectivity index (χ1) is 13.9. The van der Waals surface area contributed by atoms with Crippen LogP contribution in [0.3, 0.4) is 0 Å². The van der Waals surface area contributed by atoms with Gasteiger partial charge in [-0.3, -0.25) is 0 Å². The number of nitrogens with zero attached hydrogens (tertiary/aromatic N) is 4. The Hall–Kier alpha value is -3.05. The minimum Gasteiger partial charge on any atom is -0.491 e. The molecule has 0 bridgehead atoms. The molecule has 0 atom stereocenters. The quantitative estimate of drug-likeness (QED) is 0.509. The maximum Gasteiger partial charge on any atom is 0.240 e. The molecule has 0 saturated carbocycles. The van der Waals surface area contributed by atoms with Crippen molar-refractivity contribution < 1.29 is 17.5 Å². The maximum absolute atomic E-state index is 13.9. The Balaban J connectivity index is 1.57. The normalized spacial score (nSPS) is 11.4. The number of ether oxygens (including phenoxy) is 1. The van der Waals surface area contributed by atoms with Crippen LogP contribution in [0.25, 0.3) is 5.82 Å². The molecule has 3 rings (SSSR count). The fourth-order valence-corrected chi connectivity index (χ4v) is 3.54. The first-order valence-electron chi connectivity index (χ1n) is 8.89. The van der Waals surface area contributed by atoms with E-state index in [9.17, 15) is 12.8 Å². The number of benzene rings is 1. The van der Waals surface area contributed by atoms with Gasteiger partial charge < -0.3 is 10.1 Å². The second kappa shape index (κ2) is 8.97. The Bertz CT molecular complexity index is 1090. The SMILES string of the molecule is CCOc1ccc(S(=O)(=O)NCCNc2cc(-n3ccc(C)n3)ncn2)cc1F. The van der Waals surface area contributed by atoms with Crippen molar-refractivity contribution in [2.75, 3.05) is 25.0 Å². The summed E-state index contributed by atoms with van der Waals surface area (Å²) in [5, 5.41) is 7.29. The van der Waals surface area contributed by atoms with Crippen molar-refractivity contribution in [1.82, 2.24) is 24.5 Å². The molecule has 0 spiro atoms. The highest BCUT2D eigenvalue weighted by molar-refractivity contribution is 7.89. The predicted octanol–water partition coefficient (Wildman–Crippen LogP) is 1.90. The molecule has 1 aromatic carbocycles. The van der Waals surface area contributed by atoms with Crippen LogP contribution in [0.4, 0.5) is 10.2 Å². The number of halogens is 1. The average molecular weight is 420 g/mol. The van der Waals surface area contributed by atoms with E-state index in [0.29, 0.717) is 11.6 Å². The van der Waals surface area contributed by atoms with Crippen LogP contribution in [0.1, 0.15) is 12.6 Å². The lowest BCUT2D eigenvalue weighted by Crippen LogP contribution is -2.29. The number of aromatic nitrogens is 4. The number of anilines is 1. The standard InChI is InChI=1S/C18H21FN6O3S/c1-3-28-16-5-4-14(10-15(16)19)29(26,27)23-8-7-20-17-11-18(22-12-21-17)25-9-6-13(2)24-25/h4-6,9-12,23H,3,7-8H2,1-2H3,(H,20,21,22). The van der Waals surface area contributed by atoms with Crippen molar-refractivity contribution in [3.8, 4) is 11.6 Å². The van der Waals surface area contributed by atoms with Gasteiger partial charge in [-0.15, -0.1) is 0 Å². The van der Waals surface area contributed by atoms with Gasteiger partial charge in [0, 0.05) is 25.4 Å². The van der Waals surface area contributed by atoms with E-state index < -0.39 is 15.8 Å². The van der Waals surface area contributed by atoms with E-state index in [2.05, 4.69) is 25.1 Å². The van der Waals surface area contributed by atoms with Gasteiger partial charge in [0.05, 0.1) is 17.2 Å². The van der Waals surface area contributed by atoms with Crippen molar-refractivity contribution in [3.05, 3.63) is 54.4 Å². The molecule has 0 radical (unpaired) electrons. The fraction of sp³-hybridized carbons (Fsp3) is 0.278. The molecule has 2 N–H and O–H groups in total. The van der Waals surface area contributed by atoms with Crippen molar-refractivity contribution in [3.63, 3.8) is 0 Å². The Morgan fingerprint density at radius 3 is 2.69 bits per heavy atom. The van der Waals surface area contributed by atoms with Crippen LogP contribution in [0.2, 0.25) is 0 Å². The first kappa shape index (κ1) is 20.7. The van der Waals surface area contributed by atoms with E-state index in [1.165, 1.54) is 18.5 Å². The summed E-state index contributed by atoms with van der Waals surface area (Å²) in [4.78, 5) is 8.08. The molecule has 11 heteroatoms. The minimum atomic E-state index is -3.85. The van der Waals surface area contributed by atoms with Crippen molar-refractivity contribution in [1.29, 1.82) is 0 Å². The van der Waals surface area contributed by atoms with Crippen LogP contribution in [0.15, 0.2) is 47.8 Å². The van der Waals surface area contributed by atoms with Crippen LogP contribution in [0.5, 0.6) is 5.75 Å². The molecule has 29 heavy (non-hydrogen) atoms. The molecule has 2 heterocycles. The summed E-state index contributed by atoms with van der Waals surface area (Å²) in [6, 6.07) is 7.08. The molecule has 0 unspecified atom stereocenters. The number of nitrogens with one attached hydrogen (secondary N) is 2. The average Bonchev–Trinajstić information content (AvgIpc) is 3.14. The molecule has 0 aliphatic heterocycles. The van der Waals surface area contributed by atoms with E-state index in [-0.39, 0.29) is 30.3 Å². The van der Waals surface area contributed by atoms with Gasteiger partial charge >= 0.3 is 0 Å². The van der Waals surface area contributed by atoms with E-state index in [4.69, 9.17) is 4.74 Å². The zero-order chi connectivity index (χ0) is 20.9. The topological polar surface area (TPSA) is 111 Å². The van der Waals surface area contributed by atoms with Gasteiger partial charge in [-0.25, -0.2) is 32.2 Å². The van der Waals surface area contributed by atoms with E-state index >= 15 is 0 Å². The number of hydrogen-bond donors (Lipinski definition) is 2. The summed E-state index contributed by atoms with van der Waals surface area (Å²) >= 11 is 0. The molecule has 154 valence electrons.